The van der Waals surface area contributed by atoms with E-state index in [4.69, 9.17) is 0 Å². The fraction of sp³-hybridized carbons (Fsp3) is 0.444. The number of nitrogens with one attached hydrogen (secondary N) is 1. The summed E-state index contributed by atoms with van der Waals surface area (Å²) in [7, 11) is 1.30. The first kappa shape index (κ1) is 17.9. The number of aromatic amines is 1. The average molecular weight is 358 g/mol. The molecule has 3 rings (SSSR count). The van der Waals surface area contributed by atoms with Crippen molar-refractivity contribution in [3.63, 3.8) is 0 Å². The van der Waals surface area contributed by atoms with E-state index in [0.717, 1.165) is 16.9 Å². The Kier molecular flexibility index (Phi) is 5.20. The number of carbonyl (C=O) groups is 3. The van der Waals surface area contributed by atoms with E-state index in [2.05, 4.69) is 14.7 Å². The molecule has 1 aliphatic heterocycles. The van der Waals surface area contributed by atoms with Crippen LogP contribution >= 0.6 is 0 Å². The van der Waals surface area contributed by atoms with E-state index < -0.39 is 5.97 Å². The van der Waals surface area contributed by atoms with Gasteiger partial charge in [0.25, 0.3) is 5.91 Å². The number of carbonyl (C=O) groups excluding carboxylic acids is 3. The third kappa shape index (κ3) is 3.84. The number of hydrogen-bond acceptors (Lipinski definition) is 5. The molecule has 0 radical (unpaired) electrons. The van der Waals surface area contributed by atoms with Gasteiger partial charge in [-0.15, -0.1) is 0 Å². The molecule has 1 fully saturated rings. The minimum Gasteiger partial charge on any atom is -0.469 e. The van der Waals surface area contributed by atoms with E-state index in [1.54, 1.807) is 15.9 Å². The van der Waals surface area contributed by atoms with Gasteiger partial charge in [-0.25, -0.2) is 4.98 Å². The Morgan fingerprint density at radius 1 is 1.12 bits per heavy atom. The number of ether oxygens (including phenoxy) is 1. The largest absolute Gasteiger partial charge is 0.469 e. The second kappa shape index (κ2) is 7.55. The van der Waals surface area contributed by atoms with Crippen LogP contribution < -0.4 is 0 Å². The van der Waals surface area contributed by atoms with E-state index in [9.17, 15) is 14.4 Å². The van der Waals surface area contributed by atoms with Crippen LogP contribution in [0.3, 0.4) is 0 Å². The molecule has 0 aliphatic carbocycles. The highest BCUT2D eigenvalue weighted by atomic mass is 16.5. The number of H-pyrrole nitrogens is 1. The fourth-order valence-corrected chi connectivity index (χ4v) is 3.08. The van der Waals surface area contributed by atoms with Crippen molar-refractivity contribution in [3.05, 3.63) is 29.6 Å². The molecule has 2 amide bonds. The third-order valence-electron chi connectivity index (χ3n) is 4.54. The molecule has 1 N–H and O–H groups in total. The second-order valence-electron chi connectivity index (χ2n) is 6.30. The molecular weight excluding hydrogens is 336 g/mol. The van der Waals surface area contributed by atoms with Crippen LogP contribution in [0.4, 0.5) is 0 Å². The van der Waals surface area contributed by atoms with Crippen LogP contribution in [-0.4, -0.2) is 70.8 Å². The lowest BCUT2D eigenvalue weighted by Crippen LogP contribution is -2.50. The van der Waals surface area contributed by atoms with Gasteiger partial charge in [0.15, 0.2) is 0 Å². The van der Waals surface area contributed by atoms with Crippen molar-refractivity contribution in [2.24, 2.45) is 0 Å². The Morgan fingerprint density at radius 3 is 2.50 bits per heavy atom. The summed E-state index contributed by atoms with van der Waals surface area (Å²) < 4.78 is 4.55. The van der Waals surface area contributed by atoms with E-state index in [-0.39, 0.29) is 24.7 Å². The molecule has 2 heterocycles. The van der Waals surface area contributed by atoms with Gasteiger partial charge in [-0.2, -0.15) is 0 Å². The van der Waals surface area contributed by atoms with Gasteiger partial charge in [0.2, 0.25) is 5.91 Å². The van der Waals surface area contributed by atoms with Crippen LogP contribution in [0.2, 0.25) is 0 Å². The summed E-state index contributed by atoms with van der Waals surface area (Å²) in [5, 5.41) is 0. The Bertz CT molecular complexity index is 837. The highest BCUT2D eigenvalue weighted by molar-refractivity contribution is 5.97. The molecule has 0 unspecified atom stereocenters. The average Bonchev–Trinajstić information content (AvgIpc) is 3.04. The summed E-state index contributed by atoms with van der Waals surface area (Å²) in [6.45, 7) is 3.76. The Labute approximate surface area is 151 Å². The number of benzene rings is 1. The quantitative estimate of drug-likeness (QED) is 0.826. The van der Waals surface area contributed by atoms with Gasteiger partial charge in [0.1, 0.15) is 5.82 Å². The molecule has 26 heavy (non-hydrogen) atoms. The van der Waals surface area contributed by atoms with Crippen molar-refractivity contribution in [1.82, 2.24) is 19.8 Å². The molecule has 0 bridgehead atoms. The molecule has 0 spiro atoms. The van der Waals surface area contributed by atoms with E-state index in [1.807, 2.05) is 19.1 Å². The van der Waals surface area contributed by atoms with Crippen LogP contribution in [0.15, 0.2) is 18.2 Å². The molecule has 138 valence electrons. The van der Waals surface area contributed by atoms with Crippen LogP contribution in [0.25, 0.3) is 11.0 Å². The van der Waals surface area contributed by atoms with Crippen LogP contribution in [-0.2, 0) is 14.3 Å². The van der Waals surface area contributed by atoms with Gasteiger partial charge in [-0.1, -0.05) is 0 Å². The maximum Gasteiger partial charge on any atom is 0.306 e. The summed E-state index contributed by atoms with van der Waals surface area (Å²) in [6.07, 6.45) is 0.217. The molecule has 1 saturated heterocycles. The maximum absolute atomic E-state index is 12.7. The summed E-state index contributed by atoms with van der Waals surface area (Å²) in [4.78, 5) is 46.9. The molecule has 1 aromatic carbocycles. The lowest BCUT2D eigenvalue weighted by molar-refractivity contribution is -0.143. The Morgan fingerprint density at radius 2 is 1.81 bits per heavy atom. The molecule has 0 atom stereocenters. The molecule has 1 aliphatic rings. The highest BCUT2D eigenvalue weighted by Crippen LogP contribution is 2.16. The predicted molar refractivity (Wildman–Crippen MR) is 94.6 cm³/mol. The lowest BCUT2D eigenvalue weighted by Gasteiger charge is -2.34. The molecule has 1 aromatic heterocycles. The minimum absolute atomic E-state index is 0.0548. The first-order valence-electron chi connectivity index (χ1n) is 8.58. The number of hydrogen-bond donors (Lipinski definition) is 1. The summed E-state index contributed by atoms with van der Waals surface area (Å²) in [5.74, 6) is 0.276. The summed E-state index contributed by atoms with van der Waals surface area (Å²) in [5.41, 5.74) is 2.27. The van der Waals surface area contributed by atoms with Gasteiger partial charge in [-0.3, -0.25) is 14.4 Å². The van der Waals surface area contributed by atoms with E-state index >= 15 is 0 Å². The standard InChI is InChI=1S/C18H22N4O4/c1-12-19-14-4-3-13(11-15(14)20-12)18(25)22-9-7-21(8-10-22)16(23)5-6-17(24)26-2/h3-4,11H,5-10H2,1-2H3,(H,19,20). The number of aromatic nitrogens is 2. The smallest absolute Gasteiger partial charge is 0.306 e. The Balaban J connectivity index is 1.57. The number of amides is 2. The Hall–Kier alpha value is -2.90. The SMILES string of the molecule is COC(=O)CCC(=O)N1CCN(C(=O)c2ccc3nc(C)[nH]c3c2)CC1. The number of nitrogens with zero attached hydrogens (tertiary/aromatic N) is 3. The van der Waals surface area contributed by atoms with Gasteiger partial charge in [-0.05, 0) is 25.1 Å². The zero-order valence-electron chi connectivity index (χ0n) is 14.9. The lowest BCUT2D eigenvalue weighted by atomic mass is 10.1. The minimum atomic E-state index is -0.392. The maximum atomic E-state index is 12.7. The van der Waals surface area contributed by atoms with E-state index in [0.29, 0.717) is 31.7 Å². The third-order valence-corrected chi connectivity index (χ3v) is 4.54. The molecular formula is C18H22N4O4. The number of piperazine rings is 1. The topological polar surface area (TPSA) is 95.6 Å². The molecule has 0 saturated carbocycles. The fourth-order valence-electron chi connectivity index (χ4n) is 3.08. The molecule has 8 nitrogen and oxygen atoms in total. The van der Waals surface area contributed by atoms with Gasteiger partial charge in [0.05, 0.1) is 24.6 Å². The zero-order chi connectivity index (χ0) is 18.7. The predicted octanol–water partition coefficient (Wildman–Crippen LogP) is 1.11. The highest BCUT2D eigenvalue weighted by Gasteiger charge is 2.25. The van der Waals surface area contributed by atoms with Gasteiger partial charge in [0, 0.05) is 38.2 Å². The first-order chi connectivity index (χ1) is 12.5. The van der Waals surface area contributed by atoms with Crippen molar-refractivity contribution in [2.45, 2.75) is 19.8 Å². The van der Waals surface area contributed by atoms with Crippen molar-refractivity contribution in [2.75, 3.05) is 33.3 Å². The monoisotopic (exact) mass is 358 g/mol. The molecule has 8 heteroatoms. The van der Waals surface area contributed by atoms with Gasteiger partial charge < -0.3 is 19.5 Å². The second-order valence-corrected chi connectivity index (χ2v) is 6.30. The van der Waals surface area contributed by atoms with Crippen molar-refractivity contribution >= 4 is 28.8 Å². The number of esters is 1. The number of rotatable bonds is 4. The number of aryl methyl sites for hydroxylation is 1. The van der Waals surface area contributed by atoms with Crippen molar-refractivity contribution < 1.29 is 19.1 Å². The van der Waals surface area contributed by atoms with Crippen LogP contribution in [0.5, 0.6) is 0 Å². The number of imidazole rings is 1. The van der Waals surface area contributed by atoms with E-state index in [1.165, 1.54) is 7.11 Å². The number of methoxy groups -OCH3 is 1. The van der Waals surface area contributed by atoms with Crippen molar-refractivity contribution in [3.8, 4) is 0 Å². The van der Waals surface area contributed by atoms with Crippen LogP contribution in [0, 0.1) is 6.92 Å². The summed E-state index contributed by atoms with van der Waals surface area (Å²) in [6, 6.07) is 5.42. The van der Waals surface area contributed by atoms with Gasteiger partial charge >= 0.3 is 5.97 Å². The normalized spacial score (nSPS) is 14.5. The summed E-state index contributed by atoms with van der Waals surface area (Å²) >= 11 is 0. The van der Waals surface area contributed by atoms with Crippen LogP contribution in [0.1, 0.15) is 29.0 Å². The van der Waals surface area contributed by atoms with Crippen molar-refractivity contribution in [1.29, 1.82) is 0 Å². The first-order valence-corrected chi connectivity index (χ1v) is 8.58. The molecule has 2 aromatic rings. The number of fused-ring (bicyclic) bond motifs is 1. The zero-order valence-corrected chi connectivity index (χ0v) is 14.9.